The third kappa shape index (κ3) is 4.40. The van der Waals surface area contributed by atoms with E-state index in [1.165, 1.54) is 12.8 Å². The summed E-state index contributed by atoms with van der Waals surface area (Å²) in [5.74, 6) is 0. The maximum Gasteiger partial charge on any atom is 0.0710 e. The summed E-state index contributed by atoms with van der Waals surface area (Å²) in [4.78, 5) is 2.49. The maximum atomic E-state index is 6.04. The number of nitrogens with two attached hydrogens (primary N) is 1. The van der Waals surface area contributed by atoms with Crippen molar-refractivity contribution in [2.45, 2.75) is 64.7 Å². The molecule has 1 fully saturated rings. The van der Waals surface area contributed by atoms with Gasteiger partial charge in [0.2, 0.25) is 0 Å². The van der Waals surface area contributed by atoms with E-state index < -0.39 is 0 Å². The molecule has 1 rings (SSSR count). The smallest absolute Gasteiger partial charge is 0.0710 e. The van der Waals surface area contributed by atoms with Gasteiger partial charge in [0.05, 0.1) is 11.7 Å². The minimum Gasteiger partial charge on any atom is -0.371 e. The molecule has 3 heteroatoms. The molecule has 0 aliphatic carbocycles. The SMILES string of the molecule is CC(C)N(CCCN)CC1CCC(C)(C)O1. The topological polar surface area (TPSA) is 38.5 Å². The van der Waals surface area contributed by atoms with Crippen molar-refractivity contribution in [2.75, 3.05) is 19.6 Å². The van der Waals surface area contributed by atoms with Crippen molar-refractivity contribution < 1.29 is 4.74 Å². The summed E-state index contributed by atoms with van der Waals surface area (Å²) < 4.78 is 6.04. The van der Waals surface area contributed by atoms with E-state index in [1.54, 1.807) is 0 Å². The number of ether oxygens (including phenoxy) is 1. The van der Waals surface area contributed by atoms with E-state index >= 15 is 0 Å². The van der Waals surface area contributed by atoms with Gasteiger partial charge in [0.15, 0.2) is 0 Å². The average molecular weight is 228 g/mol. The quantitative estimate of drug-likeness (QED) is 0.756. The Morgan fingerprint density at radius 2 is 2.12 bits per heavy atom. The Bertz CT molecular complexity index is 204. The van der Waals surface area contributed by atoms with Crippen LogP contribution in [0.1, 0.15) is 47.0 Å². The summed E-state index contributed by atoms with van der Waals surface area (Å²) >= 11 is 0. The van der Waals surface area contributed by atoms with Crippen molar-refractivity contribution in [3.8, 4) is 0 Å². The number of hydrogen-bond donors (Lipinski definition) is 1. The largest absolute Gasteiger partial charge is 0.371 e. The van der Waals surface area contributed by atoms with Gasteiger partial charge in [-0.3, -0.25) is 4.90 Å². The zero-order chi connectivity index (χ0) is 12.2. The Labute approximate surface area is 100 Å². The van der Waals surface area contributed by atoms with Crippen LogP contribution >= 0.6 is 0 Å². The third-order valence-electron chi connectivity index (χ3n) is 3.37. The lowest BCUT2D eigenvalue weighted by Crippen LogP contribution is -2.39. The molecular weight excluding hydrogens is 200 g/mol. The second-order valence-corrected chi connectivity index (χ2v) is 5.77. The molecule has 1 atom stereocenters. The van der Waals surface area contributed by atoms with Gasteiger partial charge in [-0.1, -0.05) is 0 Å². The van der Waals surface area contributed by atoms with Crippen molar-refractivity contribution >= 4 is 0 Å². The lowest BCUT2D eigenvalue weighted by molar-refractivity contribution is -0.0321. The third-order valence-corrected chi connectivity index (χ3v) is 3.37. The number of rotatable bonds is 6. The molecule has 0 aromatic carbocycles. The summed E-state index contributed by atoms with van der Waals surface area (Å²) in [6.07, 6.45) is 3.86. The van der Waals surface area contributed by atoms with Gasteiger partial charge in [0, 0.05) is 12.6 Å². The monoisotopic (exact) mass is 228 g/mol. The molecule has 1 heterocycles. The Morgan fingerprint density at radius 3 is 2.56 bits per heavy atom. The molecule has 3 nitrogen and oxygen atoms in total. The van der Waals surface area contributed by atoms with E-state index in [2.05, 4.69) is 32.6 Å². The number of nitrogens with zero attached hydrogens (tertiary/aromatic N) is 1. The minimum absolute atomic E-state index is 0.0845. The summed E-state index contributed by atoms with van der Waals surface area (Å²) in [5.41, 5.74) is 5.65. The van der Waals surface area contributed by atoms with E-state index in [0.29, 0.717) is 12.1 Å². The van der Waals surface area contributed by atoms with Gasteiger partial charge < -0.3 is 10.5 Å². The normalized spacial score (nSPS) is 24.6. The molecule has 1 saturated heterocycles. The van der Waals surface area contributed by atoms with Crippen LogP contribution in [0.2, 0.25) is 0 Å². The van der Waals surface area contributed by atoms with Gasteiger partial charge in [-0.2, -0.15) is 0 Å². The zero-order valence-corrected chi connectivity index (χ0v) is 11.3. The molecule has 0 saturated carbocycles. The van der Waals surface area contributed by atoms with Crippen molar-refractivity contribution in [3.05, 3.63) is 0 Å². The molecule has 0 radical (unpaired) electrons. The van der Waals surface area contributed by atoms with Crippen LogP contribution in [0.5, 0.6) is 0 Å². The molecular formula is C13H28N2O. The van der Waals surface area contributed by atoms with Crippen LogP contribution in [-0.2, 0) is 4.74 Å². The predicted octanol–water partition coefficient (Wildman–Crippen LogP) is 2.00. The molecule has 1 unspecified atom stereocenters. The highest BCUT2D eigenvalue weighted by atomic mass is 16.5. The second kappa shape index (κ2) is 5.99. The van der Waals surface area contributed by atoms with Gasteiger partial charge in [0.25, 0.3) is 0 Å². The standard InChI is InChI=1S/C13H28N2O/c1-11(2)15(9-5-8-14)10-12-6-7-13(3,4)16-12/h11-12H,5-10,14H2,1-4H3. The van der Waals surface area contributed by atoms with Crippen LogP contribution < -0.4 is 5.73 Å². The van der Waals surface area contributed by atoms with Crippen LogP contribution in [0.25, 0.3) is 0 Å². The molecule has 16 heavy (non-hydrogen) atoms. The number of hydrogen-bond acceptors (Lipinski definition) is 3. The van der Waals surface area contributed by atoms with Crippen molar-refractivity contribution in [3.63, 3.8) is 0 Å². The van der Waals surface area contributed by atoms with Gasteiger partial charge in [0.1, 0.15) is 0 Å². The van der Waals surface area contributed by atoms with Crippen molar-refractivity contribution in [1.29, 1.82) is 0 Å². The summed E-state index contributed by atoms with van der Waals surface area (Å²) in [6.45, 7) is 11.8. The molecule has 0 amide bonds. The van der Waals surface area contributed by atoms with Crippen LogP contribution in [0, 0.1) is 0 Å². The molecule has 2 N–H and O–H groups in total. The van der Waals surface area contributed by atoms with E-state index in [-0.39, 0.29) is 5.60 Å². The fourth-order valence-corrected chi connectivity index (χ4v) is 2.32. The molecule has 1 aliphatic heterocycles. The van der Waals surface area contributed by atoms with Crippen molar-refractivity contribution in [2.24, 2.45) is 5.73 Å². The Morgan fingerprint density at radius 1 is 1.44 bits per heavy atom. The van der Waals surface area contributed by atoms with Crippen LogP contribution in [-0.4, -0.2) is 42.3 Å². The van der Waals surface area contributed by atoms with E-state index in [4.69, 9.17) is 10.5 Å². The molecule has 0 bridgehead atoms. The first kappa shape index (κ1) is 13.9. The molecule has 0 aromatic heterocycles. The first-order valence-electron chi connectivity index (χ1n) is 6.56. The lowest BCUT2D eigenvalue weighted by atomic mass is 10.1. The van der Waals surface area contributed by atoms with Gasteiger partial charge in [-0.25, -0.2) is 0 Å². The van der Waals surface area contributed by atoms with Gasteiger partial charge in [-0.15, -0.1) is 0 Å². The summed E-state index contributed by atoms with van der Waals surface area (Å²) in [7, 11) is 0. The first-order chi connectivity index (χ1) is 7.44. The van der Waals surface area contributed by atoms with E-state index in [1.807, 2.05) is 0 Å². The minimum atomic E-state index is 0.0845. The fourth-order valence-electron chi connectivity index (χ4n) is 2.32. The lowest BCUT2D eigenvalue weighted by Gasteiger charge is -2.29. The Kier molecular flexibility index (Phi) is 5.22. The average Bonchev–Trinajstić information content (AvgIpc) is 2.52. The van der Waals surface area contributed by atoms with Gasteiger partial charge >= 0.3 is 0 Å². The van der Waals surface area contributed by atoms with Crippen molar-refractivity contribution in [1.82, 2.24) is 4.90 Å². The Hall–Kier alpha value is -0.120. The molecule has 0 aromatic rings. The highest BCUT2D eigenvalue weighted by molar-refractivity contribution is 4.83. The van der Waals surface area contributed by atoms with E-state index in [9.17, 15) is 0 Å². The van der Waals surface area contributed by atoms with Gasteiger partial charge in [-0.05, 0) is 60.0 Å². The van der Waals surface area contributed by atoms with E-state index in [0.717, 1.165) is 26.1 Å². The molecule has 0 spiro atoms. The molecule has 96 valence electrons. The van der Waals surface area contributed by atoms with Crippen LogP contribution in [0.15, 0.2) is 0 Å². The zero-order valence-electron chi connectivity index (χ0n) is 11.3. The van der Waals surface area contributed by atoms with Crippen LogP contribution in [0.4, 0.5) is 0 Å². The predicted molar refractivity (Wildman–Crippen MR) is 68.6 cm³/mol. The first-order valence-corrected chi connectivity index (χ1v) is 6.56. The summed E-state index contributed by atoms with van der Waals surface area (Å²) in [5, 5.41) is 0. The molecule has 1 aliphatic rings. The second-order valence-electron chi connectivity index (χ2n) is 5.77. The van der Waals surface area contributed by atoms with Crippen LogP contribution in [0.3, 0.4) is 0 Å². The maximum absolute atomic E-state index is 6.04. The fraction of sp³-hybridized carbons (Fsp3) is 1.00. The highest BCUT2D eigenvalue weighted by Gasteiger charge is 2.32. The Balaban J connectivity index is 2.37. The highest BCUT2D eigenvalue weighted by Crippen LogP contribution is 2.29. The summed E-state index contributed by atoms with van der Waals surface area (Å²) in [6, 6.07) is 0.582.